The summed E-state index contributed by atoms with van der Waals surface area (Å²) in [5.41, 5.74) is 1.83. The largest absolute Gasteiger partial charge is 0.377 e. The zero-order chi connectivity index (χ0) is 23.0. The monoisotopic (exact) mass is 450 g/mol. The molecule has 4 rings (SSSR count). The zero-order valence-corrected chi connectivity index (χ0v) is 19.2. The highest BCUT2D eigenvalue weighted by molar-refractivity contribution is 8.01. The first-order valence-corrected chi connectivity index (χ1v) is 11.0. The van der Waals surface area contributed by atoms with E-state index >= 15 is 8.78 Å². The van der Waals surface area contributed by atoms with Gasteiger partial charge in [0, 0.05) is 60.8 Å². The lowest BCUT2D eigenvalue weighted by Gasteiger charge is -2.21. The van der Waals surface area contributed by atoms with Crippen LogP contribution in [-0.4, -0.2) is 39.2 Å². The van der Waals surface area contributed by atoms with Crippen LogP contribution in [-0.2, 0) is 0 Å². The van der Waals surface area contributed by atoms with Gasteiger partial charge in [0.15, 0.2) is 0 Å². The third-order valence-corrected chi connectivity index (χ3v) is 6.49. The van der Waals surface area contributed by atoms with Crippen LogP contribution in [0.3, 0.4) is 0 Å². The molecule has 0 saturated carbocycles. The molecule has 0 aliphatic carbocycles. The predicted molar refractivity (Wildman–Crippen MR) is 132 cm³/mol. The molecule has 0 radical (unpaired) electrons. The first kappa shape index (κ1) is 22.1. The molecular weight excluding hydrogens is 426 g/mol. The summed E-state index contributed by atoms with van der Waals surface area (Å²) in [5.74, 6) is -1.19. The number of carbonyl (C=O) groups is 1. The molecule has 6 heteroatoms. The molecule has 0 bridgehead atoms. The van der Waals surface area contributed by atoms with E-state index in [0.717, 1.165) is 22.1 Å². The minimum absolute atomic E-state index is 0.0258. The number of benzene rings is 4. The Morgan fingerprint density at radius 2 is 1.16 bits per heavy atom. The number of carbonyl (C=O) groups excluding carboxylic acids is 1. The van der Waals surface area contributed by atoms with Crippen molar-refractivity contribution in [2.24, 2.45) is 0 Å². The number of anilines is 2. The lowest BCUT2D eigenvalue weighted by molar-refractivity contribution is 0.0569. The van der Waals surface area contributed by atoms with E-state index < -0.39 is 11.0 Å². The number of ketones is 1. The summed E-state index contributed by atoms with van der Waals surface area (Å²) >= 11 is 0.306. The van der Waals surface area contributed by atoms with Crippen LogP contribution < -0.4 is 9.80 Å². The molecule has 0 unspecified atom stereocenters. The van der Waals surface area contributed by atoms with Gasteiger partial charge in [-0.15, -0.1) is 0 Å². The SMILES string of the molecule is CN(C)c1ccc(SC(F)(F)C(=O)c2ccc(N(C)C)c3ccccc23)c2ccccc12. The Labute approximate surface area is 190 Å². The molecule has 0 aliphatic heterocycles. The van der Waals surface area contributed by atoms with Gasteiger partial charge in [0.1, 0.15) is 0 Å². The molecule has 4 aromatic rings. The highest BCUT2D eigenvalue weighted by Gasteiger charge is 2.42. The van der Waals surface area contributed by atoms with Gasteiger partial charge < -0.3 is 9.80 Å². The molecule has 0 spiro atoms. The fraction of sp³-hybridized carbons (Fsp3) is 0.192. The summed E-state index contributed by atoms with van der Waals surface area (Å²) in [6, 6.07) is 21.3. The Morgan fingerprint density at radius 1 is 0.688 bits per heavy atom. The first-order chi connectivity index (χ1) is 15.2. The van der Waals surface area contributed by atoms with Crippen LogP contribution in [0.5, 0.6) is 0 Å². The van der Waals surface area contributed by atoms with Gasteiger partial charge in [0.05, 0.1) is 0 Å². The fourth-order valence-electron chi connectivity index (χ4n) is 3.95. The van der Waals surface area contributed by atoms with Gasteiger partial charge in [0.2, 0.25) is 5.78 Å². The highest BCUT2D eigenvalue weighted by Crippen LogP contribution is 2.44. The summed E-state index contributed by atoms with van der Waals surface area (Å²) in [7, 11) is 7.59. The minimum atomic E-state index is -3.62. The highest BCUT2D eigenvalue weighted by atomic mass is 32.2. The van der Waals surface area contributed by atoms with Gasteiger partial charge in [-0.1, -0.05) is 48.5 Å². The maximum atomic E-state index is 15.4. The minimum Gasteiger partial charge on any atom is -0.377 e. The fourth-order valence-corrected chi connectivity index (χ4v) is 4.85. The second-order valence-electron chi connectivity index (χ2n) is 8.04. The molecule has 0 aromatic heterocycles. The summed E-state index contributed by atoms with van der Waals surface area (Å²) in [6.45, 7) is 0. The molecule has 32 heavy (non-hydrogen) atoms. The van der Waals surface area contributed by atoms with Crippen LogP contribution in [0.2, 0.25) is 0 Å². The summed E-state index contributed by atoms with van der Waals surface area (Å²) in [5, 5.41) is -0.762. The number of nitrogens with zero attached hydrogens (tertiary/aromatic N) is 2. The molecular formula is C26H24F2N2OS. The van der Waals surface area contributed by atoms with Gasteiger partial charge in [-0.2, -0.15) is 8.78 Å². The molecule has 3 nitrogen and oxygen atoms in total. The van der Waals surface area contributed by atoms with Crippen molar-refractivity contribution in [2.75, 3.05) is 38.0 Å². The number of Topliss-reactive ketones (excluding diaryl/α,β-unsaturated/α-hetero) is 1. The van der Waals surface area contributed by atoms with E-state index in [-0.39, 0.29) is 5.56 Å². The van der Waals surface area contributed by atoms with E-state index in [1.54, 1.807) is 24.3 Å². The van der Waals surface area contributed by atoms with Crippen molar-refractivity contribution in [2.45, 2.75) is 10.2 Å². The number of hydrogen-bond donors (Lipinski definition) is 0. The van der Waals surface area contributed by atoms with Gasteiger partial charge in [0.25, 0.3) is 0 Å². The predicted octanol–water partition coefficient (Wildman–Crippen LogP) is 6.69. The van der Waals surface area contributed by atoms with Crippen molar-refractivity contribution >= 4 is 50.5 Å². The Balaban J connectivity index is 1.77. The Kier molecular flexibility index (Phi) is 5.82. The van der Waals surface area contributed by atoms with Crippen LogP contribution in [0, 0.1) is 0 Å². The summed E-state index contributed by atoms with van der Waals surface area (Å²) in [6.07, 6.45) is 0. The molecule has 0 saturated heterocycles. The standard InChI is InChI=1S/C26H24F2N2OS/c1-29(2)22-14-13-21(17-9-5-6-10-18(17)22)25(31)26(27,28)32-24-16-15-23(30(3)4)19-11-7-8-12-20(19)24/h5-16H,1-4H3. The van der Waals surface area contributed by atoms with E-state index in [4.69, 9.17) is 0 Å². The lowest BCUT2D eigenvalue weighted by atomic mass is 9.99. The van der Waals surface area contributed by atoms with E-state index in [1.807, 2.05) is 80.5 Å². The van der Waals surface area contributed by atoms with Crippen LogP contribution in [0.1, 0.15) is 10.4 Å². The van der Waals surface area contributed by atoms with Crippen molar-refractivity contribution in [1.82, 2.24) is 0 Å². The van der Waals surface area contributed by atoms with Crippen molar-refractivity contribution in [1.29, 1.82) is 0 Å². The van der Waals surface area contributed by atoms with Crippen molar-refractivity contribution in [3.05, 3.63) is 78.4 Å². The maximum absolute atomic E-state index is 15.4. The second-order valence-corrected chi connectivity index (χ2v) is 9.20. The molecule has 0 amide bonds. The third-order valence-electron chi connectivity index (χ3n) is 5.47. The van der Waals surface area contributed by atoms with Crippen molar-refractivity contribution in [3.8, 4) is 0 Å². The average Bonchev–Trinajstić information content (AvgIpc) is 2.77. The number of rotatable bonds is 6. The van der Waals surface area contributed by atoms with Crippen LogP contribution in [0.15, 0.2) is 77.7 Å². The number of fused-ring (bicyclic) bond motifs is 2. The molecule has 0 aliphatic rings. The normalized spacial score (nSPS) is 11.7. The number of halogens is 2. The Bertz CT molecular complexity index is 1320. The number of hydrogen-bond acceptors (Lipinski definition) is 4. The summed E-state index contributed by atoms with van der Waals surface area (Å²) < 4.78 is 30.7. The van der Waals surface area contributed by atoms with E-state index in [2.05, 4.69) is 0 Å². The van der Waals surface area contributed by atoms with E-state index in [9.17, 15) is 4.79 Å². The first-order valence-electron chi connectivity index (χ1n) is 10.2. The average molecular weight is 451 g/mol. The zero-order valence-electron chi connectivity index (χ0n) is 18.4. The molecule has 164 valence electrons. The Morgan fingerprint density at radius 3 is 1.72 bits per heavy atom. The third kappa shape index (κ3) is 3.91. The smallest absolute Gasteiger partial charge is 0.360 e. The van der Waals surface area contributed by atoms with E-state index in [1.165, 1.54) is 6.07 Å². The second kappa shape index (κ2) is 8.43. The molecule has 4 aromatic carbocycles. The van der Waals surface area contributed by atoms with Crippen molar-refractivity contribution < 1.29 is 13.6 Å². The van der Waals surface area contributed by atoms with Crippen LogP contribution in [0.25, 0.3) is 21.5 Å². The quantitative estimate of drug-likeness (QED) is 0.241. The lowest BCUT2D eigenvalue weighted by Crippen LogP contribution is -2.25. The Hall–Kier alpha value is -3.12. The maximum Gasteiger partial charge on any atom is 0.360 e. The molecule has 0 fully saturated rings. The molecule has 0 atom stereocenters. The topological polar surface area (TPSA) is 23.6 Å². The number of thioether (sulfide) groups is 1. The molecule has 0 heterocycles. The number of alkyl halides is 2. The molecule has 0 N–H and O–H groups in total. The van der Waals surface area contributed by atoms with Crippen LogP contribution >= 0.6 is 11.8 Å². The van der Waals surface area contributed by atoms with Gasteiger partial charge >= 0.3 is 5.25 Å². The van der Waals surface area contributed by atoms with E-state index in [0.29, 0.717) is 27.4 Å². The van der Waals surface area contributed by atoms with Gasteiger partial charge in [-0.25, -0.2) is 0 Å². The van der Waals surface area contributed by atoms with Crippen LogP contribution in [0.4, 0.5) is 20.2 Å². The van der Waals surface area contributed by atoms with Gasteiger partial charge in [-0.05, 0) is 46.8 Å². The van der Waals surface area contributed by atoms with Crippen molar-refractivity contribution in [3.63, 3.8) is 0 Å². The summed E-state index contributed by atoms with van der Waals surface area (Å²) in [4.78, 5) is 17.3. The van der Waals surface area contributed by atoms with Gasteiger partial charge in [-0.3, -0.25) is 4.79 Å².